The van der Waals surface area contributed by atoms with Crippen molar-refractivity contribution < 1.29 is 24.0 Å². The van der Waals surface area contributed by atoms with Crippen LogP contribution in [0.15, 0.2) is 18.2 Å². The summed E-state index contributed by atoms with van der Waals surface area (Å²) in [6, 6.07) is 4.69. The maximum Gasteiger partial charge on any atom is 0.307 e. The van der Waals surface area contributed by atoms with Crippen molar-refractivity contribution in [1.29, 1.82) is 0 Å². The summed E-state index contributed by atoms with van der Waals surface area (Å²) in [6.45, 7) is 0.783. The van der Waals surface area contributed by atoms with Crippen LogP contribution in [0.4, 0.5) is 5.69 Å². The minimum atomic E-state index is -0.767. The van der Waals surface area contributed by atoms with Crippen LogP contribution in [0.5, 0.6) is 0 Å². The fourth-order valence-electron chi connectivity index (χ4n) is 3.18. The molecule has 27 heavy (non-hydrogen) atoms. The Balaban J connectivity index is 1.89. The molecule has 1 aliphatic carbocycles. The lowest BCUT2D eigenvalue weighted by atomic mass is 9.88. The highest BCUT2D eigenvalue weighted by Crippen LogP contribution is 2.36. The standard InChI is InChI=1S/C17H18Cl2N2O6/c1-9-5-14(22)10(11(9)7-21(25)26)6-16(24)27-8-15(23)20-17-12(18)3-2-4-13(17)19/h2-4,9-11H,5-8H2,1H3,(H,20,23)/t9-,10-,11-/m1/s1. The molecule has 1 saturated carbocycles. The van der Waals surface area contributed by atoms with Gasteiger partial charge in [0, 0.05) is 23.2 Å². The highest BCUT2D eigenvalue weighted by atomic mass is 35.5. The number of carbonyl (C=O) groups is 3. The quantitative estimate of drug-likeness (QED) is 0.414. The molecule has 1 aromatic carbocycles. The Kier molecular flexibility index (Phi) is 7.15. The van der Waals surface area contributed by atoms with Crippen LogP contribution in [0, 0.1) is 27.9 Å². The van der Waals surface area contributed by atoms with E-state index in [1.807, 2.05) is 0 Å². The Labute approximate surface area is 165 Å². The Morgan fingerprint density at radius 3 is 2.56 bits per heavy atom. The third-order valence-corrected chi connectivity index (χ3v) is 5.15. The number of hydrogen-bond donors (Lipinski definition) is 1. The molecule has 146 valence electrons. The second kappa shape index (κ2) is 9.14. The summed E-state index contributed by atoms with van der Waals surface area (Å²) in [6.07, 6.45) is -0.0935. The first-order chi connectivity index (χ1) is 12.7. The van der Waals surface area contributed by atoms with E-state index >= 15 is 0 Å². The molecule has 2 rings (SSSR count). The van der Waals surface area contributed by atoms with E-state index in [9.17, 15) is 24.5 Å². The van der Waals surface area contributed by atoms with Crippen molar-refractivity contribution in [2.45, 2.75) is 19.8 Å². The Morgan fingerprint density at radius 2 is 1.96 bits per heavy atom. The van der Waals surface area contributed by atoms with Crippen molar-refractivity contribution in [3.8, 4) is 0 Å². The Hall–Kier alpha value is -2.19. The maximum absolute atomic E-state index is 12.0. The molecular weight excluding hydrogens is 399 g/mol. The van der Waals surface area contributed by atoms with Crippen LogP contribution >= 0.6 is 23.2 Å². The summed E-state index contributed by atoms with van der Waals surface area (Å²) in [5, 5.41) is 13.7. The van der Waals surface area contributed by atoms with Crippen LogP contribution < -0.4 is 5.32 Å². The second-order valence-electron chi connectivity index (χ2n) is 6.44. The molecule has 8 nitrogen and oxygen atoms in total. The Bertz CT molecular complexity index is 750. The SMILES string of the molecule is C[C@@H]1CC(=O)[C@H](CC(=O)OCC(=O)Nc2c(Cl)cccc2Cl)[C@@H]1C[N+](=O)[O-]. The maximum atomic E-state index is 12.0. The van der Waals surface area contributed by atoms with Crippen LogP contribution in [-0.2, 0) is 19.1 Å². The van der Waals surface area contributed by atoms with Gasteiger partial charge in [0.1, 0.15) is 5.78 Å². The lowest BCUT2D eigenvalue weighted by Crippen LogP contribution is -2.28. The predicted molar refractivity (Wildman–Crippen MR) is 98.3 cm³/mol. The van der Waals surface area contributed by atoms with Crippen LogP contribution in [0.25, 0.3) is 0 Å². The van der Waals surface area contributed by atoms with Gasteiger partial charge in [0.15, 0.2) is 6.61 Å². The normalized spacial score (nSPS) is 21.7. The first-order valence-corrected chi connectivity index (χ1v) is 8.98. The highest BCUT2D eigenvalue weighted by Gasteiger charge is 2.44. The number of anilines is 1. The number of hydrogen-bond acceptors (Lipinski definition) is 6. The lowest BCUT2D eigenvalue weighted by Gasteiger charge is -2.17. The van der Waals surface area contributed by atoms with Crippen molar-refractivity contribution in [2.75, 3.05) is 18.5 Å². The number of benzene rings is 1. The lowest BCUT2D eigenvalue weighted by molar-refractivity contribution is -0.490. The molecule has 0 aliphatic heterocycles. The van der Waals surface area contributed by atoms with Crippen molar-refractivity contribution in [3.63, 3.8) is 0 Å². The molecule has 0 aromatic heterocycles. The van der Waals surface area contributed by atoms with E-state index in [-0.39, 0.29) is 46.8 Å². The number of rotatable bonds is 7. The molecule has 1 amide bonds. The zero-order valence-corrected chi connectivity index (χ0v) is 16.0. The zero-order chi connectivity index (χ0) is 20.1. The highest BCUT2D eigenvalue weighted by molar-refractivity contribution is 6.39. The van der Waals surface area contributed by atoms with Crippen molar-refractivity contribution in [3.05, 3.63) is 38.4 Å². The summed E-state index contributed by atoms with van der Waals surface area (Å²) in [5.74, 6) is -3.07. The molecule has 0 unspecified atom stereocenters. The van der Waals surface area contributed by atoms with Gasteiger partial charge in [-0.25, -0.2) is 0 Å². The van der Waals surface area contributed by atoms with E-state index in [1.165, 1.54) is 12.1 Å². The molecule has 1 fully saturated rings. The molecule has 1 aliphatic rings. The summed E-state index contributed by atoms with van der Waals surface area (Å²) in [5.41, 5.74) is 0.202. The molecular formula is C17H18Cl2N2O6. The molecule has 1 aromatic rings. The van der Waals surface area contributed by atoms with Crippen LogP contribution in [0.1, 0.15) is 19.8 Å². The number of carbonyl (C=O) groups excluding carboxylic acids is 3. The summed E-state index contributed by atoms with van der Waals surface area (Å²) in [4.78, 5) is 46.2. The van der Waals surface area contributed by atoms with E-state index in [1.54, 1.807) is 13.0 Å². The van der Waals surface area contributed by atoms with Gasteiger partial charge in [-0.15, -0.1) is 0 Å². The van der Waals surface area contributed by atoms with E-state index < -0.39 is 35.2 Å². The number of amides is 1. The van der Waals surface area contributed by atoms with Crippen molar-refractivity contribution >= 4 is 46.5 Å². The number of ether oxygens (including phenoxy) is 1. The molecule has 0 spiro atoms. The first kappa shape index (κ1) is 21.1. The number of ketones is 1. The first-order valence-electron chi connectivity index (χ1n) is 8.23. The number of nitro groups is 1. The van der Waals surface area contributed by atoms with Gasteiger partial charge in [-0.3, -0.25) is 24.5 Å². The zero-order valence-electron chi connectivity index (χ0n) is 14.4. The Morgan fingerprint density at radius 1 is 1.33 bits per heavy atom. The summed E-state index contributed by atoms with van der Waals surface area (Å²) in [7, 11) is 0. The fraction of sp³-hybridized carbons (Fsp3) is 0.471. The van der Waals surface area contributed by atoms with Gasteiger partial charge in [-0.05, 0) is 18.1 Å². The minimum absolute atomic E-state index is 0.175. The van der Waals surface area contributed by atoms with Crippen molar-refractivity contribution in [1.82, 2.24) is 0 Å². The van der Waals surface area contributed by atoms with Crippen molar-refractivity contribution in [2.24, 2.45) is 17.8 Å². The number of halogens is 2. The minimum Gasteiger partial charge on any atom is -0.456 e. The fourth-order valence-corrected chi connectivity index (χ4v) is 3.67. The third-order valence-electron chi connectivity index (χ3n) is 4.52. The molecule has 3 atom stereocenters. The van der Waals surface area contributed by atoms with Gasteiger partial charge in [0.2, 0.25) is 6.54 Å². The van der Waals surface area contributed by atoms with Gasteiger partial charge in [0.05, 0.1) is 22.2 Å². The van der Waals surface area contributed by atoms with Gasteiger partial charge >= 0.3 is 5.97 Å². The number of para-hydroxylation sites is 1. The van der Waals surface area contributed by atoms with Crippen LogP contribution in [-0.4, -0.2) is 35.7 Å². The average molecular weight is 417 g/mol. The van der Waals surface area contributed by atoms with Crippen LogP contribution in [0.3, 0.4) is 0 Å². The predicted octanol–water partition coefficient (Wildman–Crippen LogP) is 2.98. The molecule has 10 heteroatoms. The van der Waals surface area contributed by atoms with E-state index in [0.29, 0.717) is 0 Å². The smallest absolute Gasteiger partial charge is 0.307 e. The summed E-state index contributed by atoms with van der Waals surface area (Å²) >= 11 is 11.9. The topological polar surface area (TPSA) is 116 Å². The third kappa shape index (κ3) is 5.64. The molecule has 0 bridgehead atoms. The van der Waals surface area contributed by atoms with Gasteiger partial charge in [-0.1, -0.05) is 36.2 Å². The van der Waals surface area contributed by atoms with E-state index in [0.717, 1.165) is 0 Å². The molecule has 0 saturated heterocycles. The number of Topliss-reactive ketones (excluding diaryl/α,β-unsaturated/α-hetero) is 1. The summed E-state index contributed by atoms with van der Waals surface area (Å²) < 4.78 is 4.90. The van der Waals surface area contributed by atoms with Gasteiger partial charge in [-0.2, -0.15) is 0 Å². The number of nitrogens with zero attached hydrogens (tertiary/aromatic N) is 1. The van der Waals surface area contributed by atoms with Crippen LogP contribution in [0.2, 0.25) is 10.0 Å². The van der Waals surface area contributed by atoms with E-state index in [4.69, 9.17) is 27.9 Å². The average Bonchev–Trinajstić information content (AvgIpc) is 2.83. The molecule has 1 N–H and O–H groups in total. The second-order valence-corrected chi connectivity index (χ2v) is 7.26. The van der Waals surface area contributed by atoms with E-state index in [2.05, 4.69) is 5.32 Å². The van der Waals surface area contributed by atoms with Gasteiger partial charge < -0.3 is 10.1 Å². The molecule has 0 radical (unpaired) electrons. The number of nitrogens with one attached hydrogen (secondary N) is 1. The molecule has 0 heterocycles. The largest absolute Gasteiger partial charge is 0.456 e. The van der Waals surface area contributed by atoms with Gasteiger partial charge in [0.25, 0.3) is 5.91 Å². The monoisotopic (exact) mass is 416 g/mol. The number of esters is 1.